The minimum atomic E-state index is -0.659. The first-order valence-electron chi connectivity index (χ1n) is 11.6. The third-order valence-corrected chi connectivity index (χ3v) is 8.23. The van der Waals surface area contributed by atoms with Crippen LogP contribution >= 0.6 is 0 Å². The Morgan fingerprint density at radius 1 is 0.676 bits per heavy atom. The SMILES string of the molecule is Fc1ccc([S+](c2ccccc2)c2ccccc2)cc1OC1(C#Cc2ccccc2)CCCC1. The summed E-state index contributed by atoms with van der Waals surface area (Å²) in [5.41, 5.74) is 0.286. The van der Waals surface area contributed by atoms with Gasteiger partial charge < -0.3 is 4.74 Å². The van der Waals surface area contributed by atoms with Crippen LogP contribution in [-0.2, 0) is 10.9 Å². The average Bonchev–Trinajstić information content (AvgIpc) is 3.35. The van der Waals surface area contributed by atoms with Crippen LogP contribution in [0.25, 0.3) is 0 Å². The van der Waals surface area contributed by atoms with Gasteiger partial charge in [-0.3, -0.25) is 0 Å². The van der Waals surface area contributed by atoms with Gasteiger partial charge in [0.25, 0.3) is 0 Å². The molecule has 1 fully saturated rings. The van der Waals surface area contributed by atoms with Crippen molar-refractivity contribution in [1.82, 2.24) is 0 Å². The highest BCUT2D eigenvalue weighted by Gasteiger charge is 2.36. The fourth-order valence-corrected chi connectivity index (χ4v) is 6.43. The number of rotatable bonds is 5. The van der Waals surface area contributed by atoms with Gasteiger partial charge in [0, 0.05) is 11.6 Å². The van der Waals surface area contributed by atoms with Gasteiger partial charge >= 0.3 is 0 Å². The zero-order chi connectivity index (χ0) is 23.2. The predicted octanol–water partition coefficient (Wildman–Crippen LogP) is 7.66. The van der Waals surface area contributed by atoms with Gasteiger partial charge in [-0.25, -0.2) is 4.39 Å². The van der Waals surface area contributed by atoms with Crippen molar-refractivity contribution >= 4 is 10.9 Å². The summed E-state index contributed by atoms with van der Waals surface area (Å²) >= 11 is 0. The van der Waals surface area contributed by atoms with E-state index in [0.717, 1.165) is 36.1 Å². The predicted molar refractivity (Wildman–Crippen MR) is 137 cm³/mol. The lowest BCUT2D eigenvalue weighted by molar-refractivity contribution is 0.131. The molecule has 1 aliphatic rings. The van der Waals surface area contributed by atoms with Gasteiger partial charge in [0.05, 0.1) is 10.9 Å². The number of hydrogen-bond acceptors (Lipinski definition) is 1. The van der Waals surface area contributed by atoms with Gasteiger partial charge in [0.1, 0.15) is 0 Å². The summed E-state index contributed by atoms with van der Waals surface area (Å²) in [4.78, 5) is 3.40. The molecule has 0 aromatic heterocycles. The monoisotopic (exact) mass is 465 g/mol. The standard InChI is InChI=1S/C31H26FOS/c32-29-19-18-28(34(26-14-6-2-7-15-26)27-16-8-3-9-17-27)24-30(29)33-31(21-10-11-22-31)23-20-25-12-4-1-5-13-25/h1-9,12-19,24H,10-11,21-22H2/q+1. The molecule has 0 aliphatic heterocycles. The Hall–Kier alpha value is -3.48. The topological polar surface area (TPSA) is 9.23 Å². The zero-order valence-corrected chi connectivity index (χ0v) is 19.7. The molecule has 1 nitrogen and oxygen atoms in total. The van der Waals surface area contributed by atoms with Crippen LogP contribution in [-0.4, -0.2) is 5.60 Å². The van der Waals surface area contributed by atoms with Crippen LogP contribution in [0.2, 0.25) is 0 Å². The average molecular weight is 466 g/mol. The maximum atomic E-state index is 15.1. The van der Waals surface area contributed by atoms with Crippen molar-refractivity contribution in [3.05, 3.63) is 121 Å². The highest BCUT2D eigenvalue weighted by atomic mass is 32.2. The van der Waals surface area contributed by atoms with Crippen LogP contribution in [0.15, 0.2) is 124 Å². The van der Waals surface area contributed by atoms with Crippen molar-refractivity contribution < 1.29 is 9.13 Å². The van der Waals surface area contributed by atoms with Crippen LogP contribution in [0.4, 0.5) is 4.39 Å². The maximum absolute atomic E-state index is 15.1. The van der Waals surface area contributed by atoms with Crippen LogP contribution in [0.3, 0.4) is 0 Å². The van der Waals surface area contributed by atoms with E-state index in [9.17, 15) is 0 Å². The Morgan fingerprint density at radius 2 is 1.24 bits per heavy atom. The third-order valence-electron chi connectivity index (χ3n) is 6.02. The van der Waals surface area contributed by atoms with Crippen LogP contribution in [0.1, 0.15) is 31.2 Å². The highest BCUT2D eigenvalue weighted by Crippen LogP contribution is 2.38. The molecule has 0 spiro atoms. The molecule has 4 aromatic carbocycles. The van der Waals surface area contributed by atoms with Crippen molar-refractivity contribution in [2.75, 3.05) is 0 Å². The van der Waals surface area contributed by atoms with Crippen molar-refractivity contribution in [3.63, 3.8) is 0 Å². The summed E-state index contributed by atoms with van der Waals surface area (Å²) < 4.78 is 21.5. The van der Waals surface area contributed by atoms with Gasteiger partial charge in [-0.2, -0.15) is 0 Å². The first-order chi connectivity index (χ1) is 16.7. The molecule has 0 amide bonds. The summed E-state index contributed by atoms with van der Waals surface area (Å²) in [5, 5.41) is 0. The Kier molecular flexibility index (Phi) is 6.70. The van der Waals surface area contributed by atoms with Crippen molar-refractivity contribution in [2.45, 2.75) is 46.0 Å². The van der Waals surface area contributed by atoms with E-state index in [1.54, 1.807) is 0 Å². The first-order valence-corrected chi connectivity index (χ1v) is 12.9. The van der Waals surface area contributed by atoms with Crippen molar-refractivity contribution in [3.8, 4) is 17.6 Å². The van der Waals surface area contributed by atoms with Gasteiger partial charge in [0.2, 0.25) is 0 Å². The van der Waals surface area contributed by atoms with Crippen molar-refractivity contribution in [1.29, 1.82) is 0 Å². The van der Waals surface area contributed by atoms with E-state index < -0.39 is 5.60 Å². The second-order valence-corrected chi connectivity index (χ2v) is 10.5. The van der Waals surface area contributed by atoms with Gasteiger partial charge in [-0.05, 0) is 74.2 Å². The van der Waals surface area contributed by atoms with Crippen LogP contribution in [0, 0.1) is 17.7 Å². The lowest BCUT2D eigenvalue weighted by Gasteiger charge is -2.25. The van der Waals surface area contributed by atoms with Gasteiger partial charge in [0.15, 0.2) is 31.9 Å². The summed E-state index contributed by atoms with van der Waals surface area (Å²) in [6.07, 6.45) is 3.67. The smallest absolute Gasteiger partial charge is 0.170 e. The first kappa shape index (κ1) is 22.3. The molecule has 1 aliphatic carbocycles. The molecule has 0 N–H and O–H groups in total. The van der Waals surface area contributed by atoms with E-state index >= 15 is 4.39 Å². The highest BCUT2D eigenvalue weighted by molar-refractivity contribution is 7.97. The quantitative estimate of drug-likeness (QED) is 0.217. The lowest BCUT2D eigenvalue weighted by Crippen LogP contribution is -2.31. The number of halogens is 1. The zero-order valence-electron chi connectivity index (χ0n) is 18.9. The van der Waals surface area contributed by atoms with Crippen LogP contribution in [0.5, 0.6) is 5.75 Å². The molecule has 3 heteroatoms. The fraction of sp³-hybridized carbons (Fsp3) is 0.161. The number of hydrogen-bond donors (Lipinski definition) is 0. The number of ether oxygens (including phenoxy) is 1. The Bertz CT molecular complexity index is 1250. The van der Waals surface area contributed by atoms with E-state index in [1.807, 2.05) is 78.9 Å². The van der Waals surface area contributed by atoms with Crippen molar-refractivity contribution in [2.24, 2.45) is 0 Å². The molecule has 34 heavy (non-hydrogen) atoms. The Morgan fingerprint density at radius 3 is 1.82 bits per heavy atom. The Balaban J connectivity index is 1.52. The molecule has 0 saturated heterocycles. The van der Waals surface area contributed by atoms with E-state index in [-0.39, 0.29) is 22.5 Å². The summed E-state index contributed by atoms with van der Waals surface area (Å²) in [5.74, 6) is 6.56. The molecular formula is C31H26FOS+. The molecule has 1 saturated carbocycles. The normalized spacial score (nSPS) is 14.4. The molecule has 0 unspecified atom stereocenters. The minimum Gasteiger partial charge on any atom is -0.471 e. The molecule has 0 bridgehead atoms. The molecule has 168 valence electrons. The fourth-order valence-electron chi connectivity index (χ4n) is 4.33. The summed E-state index contributed by atoms with van der Waals surface area (Å²) in [6.45, 7) is 0. The molecular weight excluding hydrogens is 439 g/mol. The van der Waals surface area contributed by atoms with Gasteiger partial charge in [-0.15, -0.1) is 0 Å². The van der Waals surface area contributed by atoms with E-state index in [0.29, 0.717) is 0 Å². The molecule has 5 rings (SSSR count). The van der Waals surface area contributed by atoms with Gasteiger partial charge in [-0.1, -0.05) is 66.4 Å². The maximum Gasteiger partial charge on any atom is 0.170 e. The minimum absolute atomic E-state index is 0.283. The molecule has 0 radical (unpaired) electrons. The van der Waals surface area contributed by atoms with E-state index in [2.05, 4.69) is 36.1 Å². The Labute approximate surface area is 204 Å². The third kappa shape index (κ3) is 5.03. The van der Waals surface area contributed by atoms with Crippen LogP contribution < -0.4 is 4.74 Å². The van der Waals surface area contributed by atoms with E-state index in [1.165, 1.54) is 15.9 Å². The second kappa shape index (κ2) is 10.2. The molecule has 0 atom stereocenters. The second-order valence-electron chi connectivity index (χ2n) is 8.44. The number of benzene rings is 4. The summed E-state index contributed by atoms with van der Waals surface area (Å²) in [6, 6.07) is 35.9. The van der Waals surface area contributed by atoms with E-state index in [4.69, 9.17) is 4.74 Å². The molecule has 0 heterocycles. The summed E-state index contributed by atoms with van der Waals surface area (Å²) in [7, 11) is -0.366. The molecule has 4 aromatic rings. The largest absolute Gasteiger partial charge is 0.471 e. The lowest BCUT2D eigenvalue weighted by atomic mass is 10.0.